The minimum atomic E-state index is 0.451. The Bertz CT molecular complexity index is 528. The number of hydrogen-bond donors (Lipinski definition) is 2. The van der Waals surface area contributed by atoms with Crippen LogP contribution in [0.1, 0.15) is 6.42 Å². The lowest BCUT2D eigenvalue weighted by Gasteiger charge is -2.16. The Balaban J connectivity index is 2.10. The Labute approximate surface area is 105 Å². The van der Waals surface area contributed by atoms with Gasteiger partial charge in [0.15, 0.2) is 0 Å². The molecule has 2 rings (SSSR count). The zero-order valence-electron chi connectivity index (χ0n) is 10.1. The molecule has 2 heterocycles. The highest BCUT2D eigenvalue weighted by molar-refractivity contribution is 5.60. The van der Waals surface area contributed by atoms with Gasteiger partial charge in [-0.15, -0.1) is 0 Å². The predicted molar refractivity (Wildman–Crippen MR) is 69.6 cm³/mol. The third kappa shape index (κ3) is 2.77. The minimum absolute atomic E-state index is 0.451. The molecule has 0 atom stereocenters. The molecule has 2 N–H and O–H groups in total. The molecule has 6 heteroatoms. The number of rotatable bonds is 5. The van der Waals surface area contributed by atoms with E-state index in [0.717, 1.165) is 17.3 Å². The van der Waals surface area contributed by atoms with Gasteiger partial charge in [0.2, 0.25) is 0 Å². The lowest BCUT2D eigenvalue weighted by atomic mass is 10.4. The first-order chi connectivity index (χ1) is 8.81. The van der Waals surface area contributed by atoms with Crippen LogP contribution in [0, 0.1) is 11.3 Å². The van der Waals surface area contributed by atoms with Crippen molar-refractivity contribution in [2.45, 2.75) is 6.42 Å². The van der Waals surface area contributed by atoms with Crippen LogP contribution in [-0.4, -0.2) is 28.5 Å². The molecule has 0 aromatic carbocycles. The summed E-state index contributed by atoms with van der Waals surface area (Å²) in [4.78, 5) is 13.3. The molecule has 0 spiro atoms. The normalized spacial score (nSPS) is 9.78. The van der Waals surface area contributed by atoms with Crippen molar-refractivity contribution in [1.29, 1.82) is 5.26 Å². The van der Waals surface area contributed by atoms with E-state index in [-0.39, 0.29) is 0 Å². The summed E-state index contributed by atoms with van der Waals surface area (Å²) in [6.07, 6.45) is 5.71. The maximum atomic E-state index is 8.48. The number of nitrogens with one attached hydrogen (secondary N) is 2. The lowest BCUT2D eigenvalue weighted by Crippen LogP contribution is -2.11. The van der Waals surface area contributed by atoms with Crippen molar-refractivity contribution in [3.8, 4) is 6.07 Å². The predicted octanol–water partition coefficient (Wildman–Crippen LogP) is 1.90. The zero-order chi connectivity index (χ0) is 12.8. The zero-order valence-corrected chi connectivity index (χ0v) is 10.1. The maximum Gasteiger partial charge on any atom is 0.138 e. The minimum Gasteiger partial charge on any atom is -0.369 e. The third-order valence-corrected chi connectivity index (χ3v) is 2.51. The van der Waals surface area contributed by atoms with Crippen molar-refractivity contribution in [2.75, 3.05) is 23.8 Å². The van der Waals surface area contributed by atoms with Crippen LogP contribution in [0.25, 0.3) is 0 Å². The van der Waals surface area contributed by atoms with Gasteiger partial charge >= 0.3 is 0 Å². The van der Waals surface area contributed by atoms with Gasteiger partial charge in [0.1, 0.15) is 18.0 Å². The van der Waals surface area contributed by atoms with E-state index in [9.17, 15) is 0 Å². The monoisotopic (exact) mass is 242 g/mol. The smallest absolute Gasteiger partial charge is 0.138 e. The van der Waals surface area contributed by atoms with Gasteiger partial charge in [-0.25, -0.2) is 9.97 Å². The number of anilines is 3. The molecular weight excluding hydrogens is 228 g/mol. The fourth-order valence-electron chi connectivity index (χ4n) is 1.53. The highest BCUT2D eigenvalue weighted by Gasteiger charge is 2.06. The summed E-state index contributed by atoms with van der Waals surface area (Å²) in [7, 11) is 1.94. The third-order valence-electron chi connectivity index (χ3n) is 2.51. The van der Waals surface area contributed by atoms with Gasteiger partial charge in [-0.05, 0) is 6.07 Å². The van der Waals surface area contributed by atoms with Gasteiger partial charge in [-0.3, -0.25) is 0 Å². The second kappa shape index (κ2) is 5.68. The second-order valence-corrected chi connectivity index (χ2v) is 3.72. The number of H-pyrrole nitrogens is 1. The standard InChI is InChI=1S/C12H14N6/c1-18(10-3-6-14-8-10)12-7-11(16-9-17-12)15-5-2-4-13/h3,6-9,14H,2,5H2,1H3,(H,15,16,17). The molecule has 0 unspecified atom stereocenters. The average molecular weight is 242 g/mol. The summed E-state index contributed by atoms with van der Waals surface area (Å²) < 4.78 is 0. The molecule has 0 aliphatic carbocycles. The molecule has 0 saturated carbocycles. The Kier molecular flexibility index (Phi) is 3.76. The summed E-state index contributed by atoms with van der Waals surface area (Å²) in [6, 6.07) is 5.89. The van der Waals surface area contributed by atoms with E-state index in [2.05, 4.69) is 26.3 Å². The molecule has 2 aromatic heterocycles. The van der Waals surface area contributed by atoms with E-state index in [1.807, 2.05) is 36.5 Å². The summed E-state index contributed by atoms with van der Waals surface area (Å²) >= 11 is 0. The van der Waals surface area contributed by atoms with Gasteiger partial charge in [0, 0.05) is 32.1 Å². The Morgan fingerprint density at radius 1 is 1.50 bits per heavy atom. The van der Waals surface area contributed by atoms with Crippen molar-refractivity contribution in [3.05, 3.63) is 30.9 Å². The van der Waals surface area contributed by atoms with Gasteiger partial charge in [0.25, 0.3) is 0 Å². The average Bonchev–Trinajstić information content (AvgIpc) is 2.92. The van der Waals surface area contributed by atoms with Gasteiger partial charge in [0.05, 0.1) is 18.2 Å². The van der Waals surface area contributed by atoms with Crippen LogP contribution in [0.5, 0.6) is 0 Å². The van der Waals surface area contributed by atoms with Crippen molar-refractivity contribution in [1.82, 2.24) is 15.0 Å². The van der Waals surface area contributed by atoms with E-state index in [1.54, 1.807) is 0 Å². The van der Waals surface area contributed by atoms with E-state index in [4.69, 9.17) is 5.26 Å². The number of nitriles is 1. The van der Waals surface area contributed by atoms with E-state index in [1.165, 1.54) is 6.33 Å². The molecule has 0 saturated heterocycles. The first kappa shape index (κ1) is 11.9. The molecule has 0 amide bonds. The summed E-state index contributed by atoms with van der Waals surface area (Å²) in [5, 5.41) is 11.6. The van der Waals surface area contributed by atoms with Crippen molar-refractivity contribution >= 4 is 17.3 Å². The molecule has 0 fully saturated rings. The molecule has 6 nitrogen and oxygen atoms in total. The van der Waals surface area contributed by atoms with Gasteiger partial charge in [-0.1, -0.05) is 0 Å². The Morgan fingerprint density at radius 3 is 3.11 bits per heavy atom. The number of aromatic nitrogens is 3. The van der Waals surface area contributed by atoms with Crippen LogP contribution in [0.3, 0.4) is 0 Å². The number of nitrogens with zero attached hydrogens (tertiary/aromatic N) is 4. The molecule has 0 aliphatic heterocycles. The largest absolute Gasteiger partial charge is 0.369 e. The Morgan fingerprint density at radius 2 is 2.39 bits per heavy atom. The molecule has 18 heavy (non-hydrogen) atoms. The SMILES string of the molecule is CN(c1cc[nH]c1)c1cc(NCCC#N)ncn1. The molecule has 0 radical (unpaired) electrons. The quantitative estimate of drug-likeness (QED) is 0.783. The molecule has 0 bridgehead atoms. The highest BCUT2D eigenvalue weighted by atomic mass is 15.2. The van der Waals surface area contributed by atoms with Crippen LogP contribution >= 0.6 is 0 Å². The summed E-state index contributed by atoms with van der Waals surface area (Å²) in [5.41, 5.74) is 1.02. The van der Waals surface area contributed by atoms with Gasteiger partial charge < -0.3 is 15.2 Å². The van der Waals surface area contributed by atoms with Crippen LogP contribution in [-0.2, 0) is 0 Å². The van der Waals surface area contributed by atoms with Crippen LogP contribution in [0.4, 0.5) is 17.3 Å². The highest BCUT2D eigenvalue weighted by Crippen LogP contribution is 2.21. The first-order valence-electron chi connectivity index (χ1n) is 5.60. The molecule has 2 aromatic rings. The topological polar surface area (TPSA) is 80.6 Å². The number of hydrogen-bond acceptors (Lipinski definition) is 5. The van der Waals surface area contributed by atoms with Crippen LogP contribution in [0.15, 0.2) is 30.9 Å². The van der Waals surface area contributed by atoms with E-state index < -0.39 is 0 Å². The molecule has 0 aliphatic rings. The maximum absolute atomic E-state index is 8.48. The molecular formula is C12H14N6. The summed E-state index contributed by atoms with van der Waals surface area (Å²) in [6.45, 7) is 0.584. The fraction of sp³-hybridized carbons (Fsp3) is 0.250. The van der Waals surface area contributed by atoms with E-state index in [0.29, 0.717) is 13.0 Å². The Hall–Kier alpha value is -2.55. The van der Waals surface area contributed by atoms with Crippen molar-refractivity contribution < 1.29 is 0 Å². The fourth-order valence-corrected chi connectivity index (χ4v) is 1.53. The summed E-state index contributed by atoms with van der Waals surface area (Å²) in [5.74, 6) is 1.52. The van der Waals surface area contributed by atoms with Crippen molar-refractivity contribution in [2.24, 2.45) is 0 Å². The van der Waals surface area contributed by atoms with Gasteiger partial charge in [-0.2, -0.15) is 5.26 Å². The van der Waals surface area contributed by atoms with Crippen molar-refractivity contribution in [3.63, 3.8) is 0 Å². The second-order valence-electron chi connectivity index (χ2n) is 3.72. The number of aromatic amines is 1. The molecule has 92 valence electrons. The van der Waals surface area contributed by atoms with E-state index >= 15 is 0 Å². The van der Waals surface area contributed by atoms with Crippen LogP contribution < -0.4 is 10.2 Å². The van der Waals surface area contributed by atoms with Crippen LogP contribution in [0.2, 0.25) is 0 Å². The first-order valence-corrected chi connectivity index (χ1v) is 5.60. The lowest BCUT2D eigenvalue weighted by molar-refractivity contribution is 1.03.